The first-order chi connectivity index (χ1) is 9.34. The highest BCUT2D eigenvalue weighted by molar-refractivity contribution is 6.00. The normalized spacial score (nSPS) is 24.2. The summed E-state index contributed by atoms with van der Waals surface area (Å²) in [6.45, 7) is 4.72. The molecular formula is C16H21NO2. The molecule has 3 rings (SSSR count). The third-order valence-corrected chi connectivity index (χ3v) is 4.31. The van der Waals surface area contributed by atoms with Gasteiger partial charge in [0.1, 0.15) is 0 Å². The van der Waals surface area contributed by atoms with E-state index < -0.39 is 0 Å². The number of hydrogen-bond donors (Lipinski definition) is 0. The van der Waals surface area contributed by atoms with Crippen molar-refractivity contribution in [3.8, 4) is 0 Å². The highest BCUT2D eigenvalue weighted by Crippen LogP contribution is 2.27. The number of benzene rings is 1. The minimum absolute atomic E-state index is 0.220. The lowest BCUT2D eigenvalue weighted by atomic mass is 9.81. The fourth-order valence-electron chi connectivity index (χ4n) is 3.10. The zero-order valence-electron chi connectivity index (χ0n) is 11.3. The lowest BCUT2D eigenvalue weighted by Gasteiger charge is -2.29. The number of carbonyl (C=O) groups is 1. The van der Waals surface area contributed by atoms with E-state index in [0.717, 1.165) is 57.7 Å². The van der Waals surface area contributed by atoms with Crippen LogP contribution in [-0.4, -0.2) is 43.5 Å². The van der Waals surface area contributed by atoms with E-state index in [4.69, 9.17) is 4.74 Å². The minimum Gasteiger partial charge on any atom is -0.379 e. The van der Waals surface area contributed by atoms with Crippen LogP contribution in [0.4, 0.5) is 0 Å². The monoisotopic (exact) mass is 259 g/mol. The van der Waals surface area contributed by atoms with Crippen LogP contribution in [-0.2, 0) is 11.2 Å². The first-order valence-corrected chi connectivity index (χ1v) is 7.27. The van der Waals surface area contributed by atoms with Crippen LogP contribution in [0.15, 0.2) is 24.3 Å². The summed E-state index contributed by atoms with van der Waals surface area (Å²) in [5.41, 5.74) is 2.19. The first kappa shape index (κ1) is 12.8. The Hall–Kier alpha value is -1.19. The van der Waals surface area contributed by atoms with Crippen molar-refractivity contribution in [2.45, 2.75) is 19.3 Å². The van der Waals surface area contributed by atoms with Gasteiger partial charge in [0.05, 0.1) is 13.2 Å². The number of morpholine rings is 1. The average molecular weight is 259 g/mol. The second-order valence-electron chi connectivity index (χ2n) is 5.50. The Morgan fingerprint density at radius 1 is 1.21 bits per heavy atom. The van der Waals surface area contributed by atoms with Crippen molar-refractivity contribution in [1.82, 2.24) is 4.90 Å². The number of ketones is 1. The molecule has 0 amide bonds. The van der Waals surface area contributed by atoms with Gasteiger partial charge in [-0.3, -0.25) is 9.69 Å². The Morgan fingerprint density at radius 2 is 2.00 bits per heavy atom. The fourth-order valence-corrected chi connectivity index (χ4v) is 3.10. The van der Waals surface area contributed by atoms with Crippen LogP contribution in [0.2, 0.25) is 0 Å². The number of ether oxygens (including phenoxy) is 1. The van der Waals surface area contributed by atoms with E-state index in [-0.39, 0.29) is 5.92 Å². The third-order valence-electron chi connectivity index (χ3n) is 4.31. The molecule has 1 aliphatic heterocycles. The summed E-state index contributed by atoms with van der Waals surface area (Å²) < 4.78 is 5.35. The van der Waals surface area contributed by atoms with Crippen LogP contribution < -0.4 is 0 Å². The van der Waals surface area contributed by atoms with Gasteiger partial charge in [-0.25, -0.2) is 0 Å². The lowest BCUT2D eigenvalue weighted by Crippen LogP contribution is -2.38. The number of fused-ring (bicyclic) bond motifs is 1. The maximum absolute atomic E-state index is 12.4. The Bertz CT molecular complexity index is 452. The van der Waals surface area contributed by atoms with Crippen molar-refractivity contribution in [1.29, 1.82) is 0 Å². The highest BCUT2D eigenvalue weighted by Gasteiger charge is 2.27. The van der Waals surface area contributed by atoms with E-state index in [1.807, 2.05) is 18.2 Å². The number of Topliss-reactive ketones (excluding diaryl/α,β-unsaturated/α-hetero) is 1. The zero-order chi connectivity index (χ0) is 13.1. The number of rotatable bonds is 3. The van der Waals surface area contributed by atoms with Gasteiger partial charge in [0.2, 0.25) is 0 Å². The van der Waals surface area contributed by atoms with Crippen molar-refractivity contribution < 1.29 is 9.53 Å². The Labute approximate surface area is 114 Å². The number of carbonyl (C=O) groups excluding carboxylic acids is 1. The van der Waals surface area contributed by atoms with Crippen molar-refractivity contribution in [3.63, 3.8) is 0 Å². The molecule has 0 aromatic heterocycles. The van der Waals surface area contributed by atoms with Gasteiger partial charge in [-0.1, -0.05) is 24.3 Å². The fraction of sp³-hybridized carbons (Fsp3) is 0.562. The van der Waals surface area contributed by atoms with Crippen LogP contribution in [0.5, 0.6) is 0 Å². The molecule has 1 aromatic carbocycles. The molecule has 1 aliphatic carbocycles. The topological polar surface area (TPSA) is 29.5 Å². The van der Waals surface area contributed by atoms with Crippen LogP contribution in [0.3, 0.4) is 0 Å². The van der Waals surface area contributed by atoms with Gasteiger partial charge >= 0.3 is 0 Å². The number of aryl methyl sites for hydroxylation is 1. The average Bonchev–Trinajstić information content (AvgIpc) is 2.48. The second kappa shape index (κ2) is 5.85. The highest BCUT2D eigenvalue weighted by atomic mass is 16.5. The SMILES string of the molecule is O=C1c2ccccc2CCC1CCN1CCOCC1. The van der Waals surface area contributed by atoms with Crippen molar-refractivity contribution >= 4 is 5.78 Å². The molecule has 0 radical (unpaired) electrons. The second-order valence-corrected chi connectivity index (χ2v) is 5.50. The summed E-state index contributed by atoms with van der Waals surface area (Å²) >= 11 is 0. The molecule has 0 bridgehead atoms. The molecule has 0 saturated carbocycles. The van der Waals surface area contributed by atoms with Crippen molar-refractivity contribution in [2.24, 2.45) is 5.92 Å². The molecule has 1 fully saturated rings. The van der Waals surface area contributed by atoms with E-state index in [1.54, 1.807) is 0 Å². The van der Waals surface area contributed by atoms with Gasteiger partial charge < -0.3 is 4.74 Å². The minimum atomic E-state index is 0.220. The Balaban J connectivity index is 1.59. The maximum Gasteiger partial charge on any atom is 0.166 e. The summed E-state index contributed by atoms with van der Waals surface area (Å²) in [5.74, 6) is 0.577. The molecule has 0 spiro atoms. The quantitative estimate of drug-likeness (QED) is 0.833. The third kappa shape index (κ3) is 2.88. The first-order valence-electron chi connectivity index (χ1n) is 7.27. The summed E-state index contributed by atoms with van der Waals surface area (Å²) in [4.78, 5) is 14.9. The Morgan fingerprint density at radius 3 is 2.84 bits per heavy atom. The van der Waals surface area contributed by atoms with Crippen molar-refractivity contribution in [3.05, 3.63) is 35.4 Å². The summed E-state index contributed by atoms with van der Waals surface area (Å²) in [6.07, 6.45) is 3.06. The van der Waals surface area contributed by atoms with E-state index >= 15 is 0 Å². The van der Waals surface area contributed by atoms with Crippen LogP contribution in [0.25, 0.3) is 0 Å². The Kier molecular flexibility index (Phi) is 3.95. The molecule has 1 atom stereocenters. The van der Waals surface area contributed by atoms with Gasteiger partial charge in [0.25, 0.3) is 0 Å². The van der Waals surface area contributed by atoms with Gasteiger partial charge in [-0.2, -0.15) is 0 Å². The standard InChI is InChI=1S/C16H21NO2/c18-16-14(7-8-17-9-11-19-12-10-17)6-5-13-3-1-2-4-15(13)16/h1-4,14H,5-12H2. The van der Waals surface area contributed by atoms with Gasteiger partial charge in [-0.05, 0) is 31.4 Å². The molecule has 19 heavy (non-hydrogen) atoms. The van der Waals surface area contributed by atoms with Crippen LogP contribution >= 0.6 is 0 Å². The lowest BCUT2D eigenvalue weighted by molar-refractivity contribution is 0.0349. The molecule has 3 heteroatoms. The number of hydrogen-bond acceptors (Lipinski definition) is 3. The summed E-state index contributed by atoms with van der Waals surface area (Å²) in [5, 5.41) is 0. The molecule has 1 saturated heterocycles. The van der Waals surface area contributed by atoms with E-state index in [9.17, 15) is 4.79 Å². The van der Waals surface area contributed by atoms with Gasteiger partial charge in [0, 0.05) is 24.6 Å². The van der Waals surface area contributed by atoms with Gasteiger partial charge in [0.15, 0.2) is 5.78 Å². The predicted octanol–water partition coefficient (Wildman–Crippen LogP) is 2.15. The maximum atomic E-state index is 12.4. The summed E-state index contributed by atoms with van der Waals surface area (Å²) in [6, 6.07) is 8.07. The molecule has 1 unspecified atom stereocenters. The number of nitrogens with zero attached hydrogens (tertiary/aromatic N) is 1. The smallest absolute Gasteiger partial charge is 0.166 e. The van der Waals surface area contributed by atoms with Crippen molar-refractivity contribution in [2.75, 3.05) is 32.8 Å². The predicted molar refractivity (Wildman–Crippen MR) is 74.5 cm³/mol. The van der Waals surface area contributed by atoms with E-state index in [2.05, 4.69) is 11.0 Å². The van der Waals surface area contributed by atoms with Crippen LogP contribution in [0, 0.1) is 5.92 Å². The molecule has 1 aromatic rings. The van der Waals surface area contributed by atoms with E-state index in [0.29, 0.717) is 5.78 Å². The molecule has 3 nitrogen and oxygen atoms in total. The largest absolute Gasteiger partial charge is 0.379 e. The van der Waals surface area contributed by atoms with Gasteiger partial charge in [-0.15, -0.1) is 0 Å². The van der Waals surface area contributed by atoms with E-state index in [1.165, 1.54) is 5.56 Å². The van der Waals surface area contributed by atoms with Crippen LogP contribution in [0.1, 0.15) is 28.8 Å². The molecule has 2 aliphatic rings. The molecule has 102 valence electrons. The molecular weight excluding hydrogens is 238 g/mol. The molecule has 1 heterocycles. The zero-order valence-corrected chi connectivity index (χ0v) is 11.3. The molecule has 0 N–H and O–H groups in total. The summed E-state index contributed by atoms with van der Waals surface area (Å²) in [7, 11) is 0.